The van der Waals surface area contributed by atoms with Gasteiger partial charge >= 0.3 is 0 Å². The number of thiophene rings is 1. The smallest absolute Gasteiger partial charge is 0.0572 e. The van der Waals surface area contributed by atoms with E-state index in [-0.39, 0.29) is 12.6 Å². The molecule has 2 nitrogen and oxygen atoms in total. The normalized spacial score (nSPS) is 42.7. The molecular weight excluding hydrogens is 192 g/mol. The van der Waals surface area contributed by atoms with Crippen LogP contribution in [0, 0.1) is 0 Å². The maximum atomic E-state index is 8.40. The van der Waals surface area contributed by atoms with Crippen molar-refractivity contribution in [3.8, 4) is 0 Å². The first-order valence-electron chi connectivity index (χ1n) is 6.97. The van der Waals surface area contributed by atoms with E-state index >= 15 is 0 Å². The van der Waals surface area contributed by atoms with Gasteiger partial charge in [-0.1, -0.05) is 0 Å². The maximum Gasteiger partial charge on any atom is 0.0572 e. The van der Waals surface area contributed by atoms with Gasteiger partial charge in [-0.25, -0.2) is 0 Å². The quantitative estimate of drug-likeness (QED) is 0.703. The Morgan fingerprint density at radius 2 is 2.71 bits per heavy atom. The molecule has 1 N–H and O–H groups in total. The number of nitrogens with zero attached hydrogens (tertiary/aromatic N) is 1. The number of hydrogen-bond donors (Lipinski definition) is 1. The van der Waals surface area contributed by atoms with Crippen molar-refractivity contribution < 1.29 is 5.48 Å². The minimum Gasteiger partial charge on any atom is -0.313 e. The van der Waals surface area contributed by atoms with Crippen LogP contribution in [0.2, 0.25) is 0 Å². The molecule has 1 fully saturated rings. The van der Waals surface area contributed by atoms with Crippen molar-refractivity contribution in [1.82, 2.24) is 10.2 Å². The zero-order chi connectivity index (χ0) is 13.0. The van der Waals surface area contributed by atoms with E-state index in [0.717, 1.165) is 13.0 Å². The lowest BCUT2D eigenvalue weighted by Gasteiger charge is -2.43. The zero-order valence-corrected chi connectivity index (χ0v) is 8.73. The molecule has 1 aromatic heterocycles. The molecule has 14 heavy (non-hydrogen) atoms. The van der Waals surface area contributed by atoms with Gasteiger partial charge in [-0.15, -0.1) is 11.3 Å². The molecule has 3 heteroatoms. The Morgan fingerprint density at radius 1 is 1.71 bits per heavy atom. The monoisotopic (exact) mass is 212 g/mol. The number of piperazine rings is 1. The Labute approximate surface area is 94.5 Å². The maximum absolute atomic E-state index is 8.40. The topological polar surface area (TPSA) is 15.3 Å². The zero-order valence-electron chi connectivity index (χ0n) is 11.9. The molecule has 3 rings (SSSR count). The van der Waals surface area contributed by atoms with Gasteiger partial charge in [0.25, 0.3) is 0 Å². The van der Waals surface area contributed by atoms with Crippen LogP contribution in [0.3, 0.4) is 0 Å². The fourth-order valence-electron chi connectivity index (χ4n) is 2.34. The van der Waals surface area contributed by atoms with Gasteiger partial charge in [0.1, 0.15) is 0 Å². The Hall–Kier alpha value is -0.380. The van der Waals surface area contributed by atoms with Crippen LogP contribution in [-0.2, 0) is 6.42 Å². The van der Waals surface area contributed by atoms with Gasteiger partial charge in [0.05, 0.1) is 6.04 Å². The third kappa shape index (κ3) is 1.23. The summed E-state index contributed by atoms with van der Waals surface area (Å²) in [4.78, 5) is 3.10. The first kappa shape index (κ1) is 5.64. The van der Waals surface area contributed by atoms with Crippen LogP contribution in [0.5, 0.6) is 0 Å². The Morgan fingerprint density at radius 3 is 3.64 bits per heavy atom. The van der Waals surface area contributed by atoms with Crippen molar-refractivity contribution >= 4 is 11.3 Å². The largest absolute Gasteiger partial charge is 0.313 e. The third-order valence-electron chi connectivity index (χ3n) is 3.06. The summed E-state index contributed by atoms with van der Waals surface area (Å²) in [6.07, 6.45) is 0.853. The molecule has 0 amide bonds. The minimum absolute atomic E-state index is 0.0421. The van der Waals surface area contributed by atoms with Gasteiger partial charge in [0.15, 0.2) is 0 Å². The van der Waals surface area contributed by atoms with Crippen LogP contribution in [0.25, 0.3) is 0 Å². The van der Waals surface area contributed by atoms with Crippen LogP contribution in [-0.4, -0.2) is 30.6 Å². The molecule has 2 atom stereocenters. The molecule has 0 saturated carbocycles. The number of hydrogen-bond acceptors (Lipinski definition) is 3. The highest BCUT2D eigenvalue weighted by Gasteiger charge is 2.33. The summed E-state index contributed by atoms with van der Waals surface area (Å²) in [5.74, 6) is 0. The van der Waals surface area contributed by atoms with Crippen molar-refractivity contribution in [3.05, 3.63) is 21.9 Å². The fourth-order valence-corrected chi connectivity index (χ4v) is 3.41. The summed E-state index contributed by atoms with van der Waals surface area (Å²) in [6, 6.07) is 0.658. The van der Waals surface area contributed by atoms with E-state index in [1.807, 2.05) is 4.90 Å². The average molecular weight is 212 g/mol. The van der Waals surface area contributed by atoms with Crippen molar-refractivity contribution in [2.24, 2.45) is 0 Å². The van der Waals surface area contributed by atoms with Crippen LogP contribution < -0.4 is 5.32 Å². The molecule has 2 aliphatic rings. The van der Waals surface area contributed by atoms with Crippen LogP contribution in [0.4, 0.5) is 0 Å². The lowest BCUT2D eigenvalue weighted by atomic mass is 9.97. The molecule has 2 unspecified atom stereocenters. The van der Waals surface area contributed by atoms with E-state index in [4.69, 9.17) is 5.48 Å². The molecule has 1 saturated heterocycles. The summed E-state index contributed by atoms with van der Waals surface area (Å²) in [5, 5.41) is 5.19. The van der Waals surface area contributed by atoms with Crippen LogP contribution in [0.1, 0.15) is 28.8 Å². The highest BCUT2D eigenvalue weighted by atomic mass is 32.1. The lowest BCUT2D eigenvalue weighted by Crippen LogP contribution is -2.53. The standard InChI is InChI=1S/C11H16N2S/c1-8-6-12-7-10-11-9(3-5-14-11)2-4-13(8)10/h3,5,8,10,12H,2,4,6-7H2,1H3/i1D3,8D. The van der Waals surface area contributed by atoms with Gasteiger partial charge in [-0.3, -0.25) is 4.90 Å². The van der Waals surface area contributed by atoms with Gasteiger partial charge in [0.2, 0.25) is 0 Å². The predicted molar refractivity (Wildman–Crippen MR) is 59.8 cm³/mol. The van der Waals surface area contributed by atoms with Crippen molar-refractivity contribution in [2.45, 2.75) is 25.3 Å². The van der Waals surface area contributed by atoms with E-state index in [1.54, 1.807) is 11.3 Å². The second-order valence-electron chi connectivity index (χ2n) is 3.85. The number of fused-ring (bicyclic) bond motifs is 3. The molecule has 0 radical (unpaired) electrons. The van der Waals surface area contributed by atoms with Crippen LogP contribution in [0.15, 0.2) is 11.4 Å². The predicted octanol–water partition coefficient (Wildman–Crippen LogP) is 1.64. The molecule has 1 aromatic rings. The molecule has 2 aliphatic heterocycles. The Kier molecular flexibility index (Phi) is 1.34. The molecular formula is C11H16N2S. The lowest BCUT2D eigenvalue weighted by molar-refractivity contribution is 0.100. The highest BCUT2D eigenvalue weighted by Crippen LogP contribution is 2.35. The molecule has 0 aromatic carbocycles. The minimum atomic E-state index is -2.28. The highest BCUT2D eigenvalue weighted by molar-refractivity contribution is 7.10. The van der Waals surface area contributed by atoms with E-state index in [0.29, 0.717) is 6.54 Å². The summed E-state index contributed by atoms with van der Waals surface area (Å²) < 4.78 is 31.4. The van der Waals surface area contributed by atoms with Crippen LogP contribution >= 0.6 is 11.3 Å². The van der Waals surface area contributed by atoms with Gasteiger partial charge in [-0.05, 0) is 30.3 Å². The van der Waals surface area contributed by atoms with Gasteiger partial charge in [-0.2, -0.15) is 0 Å². The van der Waals surface area contributed by atoms with E-state index in [1.165, 1.54) is 10.4 Å². The molecule has 0 spiro atoms. The summed E-state index contributed by atoms with van der Waals surface area (Å²) >= 11 is 1.67. The van der Waals surface area contributed by atoms with Gasteiger partial charge in [0, 0.05) is 36.0 Å². The van der Waals surface area contributed by atoms with Gasteiger partial charge < -0.3 is 5.32 Å². The Balaban J connectivity index is 2.00. The fraction of sp³-hybridized carbons (Fsp3) is 0.636. The SMILES string of the molecule is [2H]C([2H])([2H])C1([2H])CNCC2c3sccc3CCN21. The van der Waals surface area contributed by atoms with E-state index in [9.17, 15) is 0 Å². The molecule has 0 aliphatic carbocycles. The Bertz CT molecular complexity index is 458. The molecule has 76 valence electrons. The summed E-state index contributed by atoms with van der Waals surface area (Å²) in [7, 11) is 0. The first-order valence-corrected chi connectivity index (χ1v) is 5.85. The number of rotatable bonds is 0. The summed E-state index contributed by atoms with van der Waals surface area (Å²) in [6.45, 7) is -0.670. The average Bonchev–Trinajstić information content (AvgIpc) is 2.76. The first-order chi connectivity index (χ1) is 8.43. The van der Waals surface area contributed by atoms with Crippen molar-refractivity contribution in [2.75, 3.05) is 19.6 Å². The number of nitrogens with one attached hydrogen (secondary N) is 1. The third-order valence-corrected chi connectivity index (χ3v) is 4.12. The summed E-state index contributed by atoms with van der Waals surface area (Å²) in [5.41, 5.74) is 1.32. The second kappa shape index (κ2) is 3.33. The van der Waals surface area contributed by atoms with Crippen molar-refractivity contribution in [1.29, 1.82) is 0 Å². The molecule has 3 heterocycles. The van der Waals surface area contributed by atoms with Crippen molar-refractivity contribution in [3.63, 3.8) is 0 Å². The molecule has 0 bridgehead atoms. The second-order valence-corrected chi connectivity index (χ2v) is 4.79. The van der Waals surface area contributed by atoms with E-state index < -0.39 is 12.9 Å². The van der Waals surface area contributed by atoms with E-state index in [2.05, 4.69) is 16.8 Å².